The number of benzene rings is 1. The van der Waals surface area contributed by atoms with Crippen molar-refractivity contribution in [2.24, 2.45) is 5.92 Å². The van der Waals surface area contributed by atoms with Crippen LogP contribution >= 0.6 is 11.8 Å². The third-order valence-electron chi connectivity index (χ3n) is 3.80. The molecular formula is C15H22N2O2S. The summed E-state index contributed by atoms with van der Waals surface area (Å²) in [5.41, 5.74) is 2.32. The normalized spacial score (nSPS) is 20.4. The van der Waals surface area contributed by atoms with Crippen molar-refractivity contribution in [2.75, 3.05) is 24.7 Å². The van der Waals surface area contributed by atoms with E-state index in [2.05, 4.69) is 16.7 Å². The SMILES string of the molecule is CSC(CO)C(C)NC(=O)C1CNc2ccccc2C1. The van der Waals surface area contributed by atoms with Crippen molar-refractivity contribution in [2.45, 2.75) is 24.6 Å². The molecular weight excluding hydrogens is 272 g/mol. The van der Waals surface area contributed by atoms with E-state index in [0.29, 0.717) is 6.54 Å². The second kappa shape index (κ2) is 6.99. The first kappa shape index (κ1) is 15.2. The second-order valence-corrected chi connectivity index (χ2v) is 6.27. The number of aliphatic hydroxyl groups excluding tert-OH is 1. The largest absolute Gasteiger partial charge is 0.395 e. The molecule has 1 aliphatic rings. The molecule has 110 valence electrons. The van der Waals surface area contributed by atoms with Crippen LogP contribution in [0.5, 0.6) is 0 Å². The molecule has 3 atom stereocenters. The second-order valence-electron chi connectivity index (χ2n) is 5.19. The summed E-state index contributed by atoms with van der Waals surface area (Å²) in [5.74, 6) is 0.0144. The number of nitrogens with one attached hydrogen (secondary N) is 2. The lowest BCUT2D eigenvalue weighted by molar-refractivity contribution is -0.125. The quantitative estimate of drug-likeness (QED) is 0.770. The average Bonchev–Trinajstić information content (AvgIpc) is 2.48. The Balaban J connectivity index is 1.95. The molecule has 3 N–H and O–H groups in total. The monoisotopic (exact) mass is 294 g/mol. The van der Waals surface area contributed by atoms with Gasteiger partial charge < -0.3 is 15.7 Å². The van der Waals surface area contributed by atoms with Crippen molar-refractivity contribution in [3.8, 4) is 0 Å². The number of hydrogen-bond donors (Lipinski definition) is 3. The van der Waals surface area contributed by atoms with Gasteiger partial charge in [-0.1, -0.05) is 18.2 Å². The maximum atomic E-state index is 12.3. The molecule has 20 heavy (non-hydrogen) atoms. The molecule has 2 rings (SSSR count). The fourth-order valence-electron chi connectivity index (χ4n) is 2.50. The number of rotatable bonds is 5. The Morgan fingerprint density at radius 2 is 2.30 bits per heavy atom. The molecule has 0 saturated carbocycles. The highest BCUT2D eigenvalue weighted by atomic mass is 32.2. The van der Waals surface area contributed by atoms with Gasteiger partial charge in [0.1, 0.15) is 0 Å². The van der Waals surface area contributed by atoms with E-state index in [0.717, 1.165) is 12.1 Å². The molecule has 1 heterocycles. The minimum absolute atomic E-state index is 0.0281. The number of thioether (sulfide) groups is 1. The highest BCUT2D eigenvalue weighted by molar-refractivity contribution is 7.99. The summed E-state index contributed by atoms with van der Waals surface area (Å²) in [5, 5.41) is 15.6. The van der Waals surface area contributed by atoms with E-state index in [9.17, 15) is 9.90 Å². The van der Waals surface area contributed by atoms with Crippen LogP contribution in [0.2, 0.25) is 0 Å². The molecule has 0 radical (unpaired) electrons. The van der Waals surface area contributed by atoms with E-state index >= 15 is 0 Å². The predicted octanol–water partition coefficient (Wildman–Crippen LogP) is 1.50. The van der Waals surface area contributed by atoms with Crippen molar-refractivity contribution in [3.05, 3.63) is 29.8 Å². The Morgan fingerprint density at radius 3 is 3.00 bits per heavy atom. The van der Waals surface area contributed by atoms with Crippen molar-refractivity contribution >= 4 is 23.4 Å². The van der Waals surface area contributed by atoms with Crippen LogP contribution < -0.4 is 10.6 Å². The molecule has 1 aromatic rings. The number of fused-ring (bicyclic) bond motifs is 1. The fraction of sp³-hybridized carbons (Fsp3) is 0.533. The average molecular weight is 294 g/mol. The summed E-state index contributed by atoms with van der Waals surface area (Å²) < 4.78 is 0. The minimum atomic E-state index is -0.0476. The van der Waals surface area contributed by atoms with Crippen molar-refractivity contribution in [3.63, 3.8) is 0 Å². The summed E-state index contributed by atoms with van der Waals surface area (Å²) >= 11 is 1.57. The lowest BCUT2D eigenvalue weighted by atomic mass is 9.93. The van der Waals surface area contributed by atoms with Crippen LogP contribution in [0.4, 0.5) is 5.69 Å². The van der Waals surface area contributed by atoms with Crippen LogP contribution in [-0.2, 0) is 11.2 Å². The lowest BCUT2D eigenvalue weighted by Crippen LogP contribution is -2.46. The molecule has 0 fully saturated rings. The van der Waals surface area contributed by atoms with Gasteiger partial charge in [0, 0.05) is 23.5 Å². The predicted molar refractivity (Wildman–Crippen MR) is 84.1 cm³/mol. The zero-order valence-corrected chi connectivity index (χ0v) is 12.7. The van der Waals surface area contributed by atoms with Gasteiger partial charge in [-0.15, -0.1) is 0 Å². The first-order valence-electron chi connectivity index (χ1n) is 6.91. The van der Waals surface area contributed by atoms with Crippen molar-refractivity contribution < 1.29 is 9.90 Å². The van der Waals surface area contributed by atoms with E-state index in [4.69, 9.17) is 0 Å². The molecule has 1 amide bonds. The fourth-order valence-corrected chi connectivity index (χ4v) is 3.12. The summed E-state index contributed by atoms with van der Waals surface area (Å²) in [6.07, 6.45) is 2.72. The van der Waals surface area contributed by atoms with Gasteiger partial charge >= 0.3 is 0 Å². The molecule has 0 bridgehead atoms. The maximum absolute atomic E-state index is 12.3. The Hall–Kier alpha value is -1.20. The van der Waals surface area contributed by atoms with Crippen LogP contribution in [0.25, 0.3) is 0 Å². The van der Waals surface area contributed by atoms with Gasteiger partial charge in [-0.25, -0.2) is 0 Å². The zero-order chi connectivity index (χ0) is 14.5. The summed E-state index contributed by atoms with van der Waals surface area (Å²) in [7, 11) is 0. The molecule has 3 unspecified atom stereocenters. The number of carbonyl (C=O) groups excluding carboxylic acids is 1. The molecule has 0 spiro atoms. The van der Waals surface area contributed by atoms with Crippen LogP contribution in [0, 0.1) is 5.92 Å². The van der Waals surface area contributed by atoms with E-state index in [1.54, 1.807) is 11.8 Å². The Morgan fingerprint density at radius 1 is 1.55 bits per heavy atom. The topological polar surface area (TPSA) is 61.4 Å². The number of amides is 1. The molecule has 1 aromatic carbocycles. The number of carbonyl (C=O) groups is 1. The number of anilines is 1. The van der Waals surface area contributed by atoms with Gasteiger partial charge in [0.05, 0.1) is 12.5 Å². The van der Waals surface area contributed by atoms with Crippen LogP contribution in [-0.4, -0.2) is 41.7 Å². The standard InChI is InChI=1S/C15H22N2O2S/c1-10(14(9-18)20-2)17-15(19)12-7-11-5-3-4-6-13(11)16-8-12/h3-6,10,12,14,16,18H,7-9H2,1-2H3,(H,17,19). The third-order valence-corrected chi connectivity index (χ3v) is 4.97. The highest BCUT2D eigenvalue weighted by Gasteiger charge is 2.26. The van der Waals surface area contributed by atoms with Gasteiger partial charge in [0.15, 0.2) is 0 Å². The number of aliphatic hydroxyl groups is 1. The molecule has 0 saturated heterocycles. The minimum Gasteiger partial charge on any atom is -0.395 e. The maximum Gasteiger partial charge on any atom is 0.225 e. The Kier molecular flexibility index (Phi) is 5.31. The summed E-state index contributed by atoms with van der Waals surface area (Å²) in [4.78, 5) is 12.3. The summed E-state index contributed by atoms with van der Waals surface area (Å²) in [6, 6.07) is 8.07. The van der Waals surface area contributed by atoms with Gasteiger partial charge in [0.25, 0.3) is 0 Å². The zero-order valence-electron chi connectivity index (χ0n) is 11.9. The van der Waals surface area contributed by atoms with E-state index in [1.807, 2.05) is 31.4 Å². The molecule has 5 heteroatoms. The first-order chi connectivity index (χ1) is 9.65. The van der Waals surface area contributed by atoms with Crippen LogP contribution in [0.15, 0.2) is 24.3 Å². The van der Waals surface area contributed by atoms with E-state index in [-0.39, 0.29) is 29.7 Å². The molecule has 0 aromatic heterocycles. The first-order valence-corrected chi connectivity index (χ1v) is 8.20. The molecule has 0 aliphatic carbocycles. The van der Waals surface area contributed by atoms with E-state index < -0.39 is 0 Å². The molecule has 1 aliphatic heterocycles. The van der Waals surface area contributed by atoms with E-state index in [1.165, 1.54) is 5.56 Å². The van der Waals surface area contributed by atoms with Gasteiger partial charge in [-0.05, 0) is 31.2 Å². The van der Waals surface area contributed by atoms with Crippen molar-refractivity contribution in [1.82, 2.24) is 5.32 Å². The van der Waals surface area contributed by atoms with Crippen LogP contribution in [0.3, 0.4) is 0 Å². The lowest BCUT2D eigenvalue weighted by Gasteiger charge is -2.28. The van der Waals surface area contributed by atoms with Gasteiger partial charge in [-0.2, -0.15) is 11.8 Å². The van der Waals surface area contributed by atoms with Crippen molar-refractivity contribution in [1.29, 1.82) is 0 Å². The molecule has 4 nitrogen and oxygen atoms in total. The smallest absolute Gasteiger partial charge is 0.225 e. The number of hydrogen-bond acceptors (Lipinski definition) is 4. The third kappa shape index (κ3) is 3.46. The van der Waals surface area contributed by atoms with Gasteiger partial charge in [-0.3, -0.25) is 4.79 Å². The Labute approximate surface area is 124 Å². The highest BCUT2D eigenvalue weighted by Crippen LogP contribution is 2.24. The van der Waals surface area contributed by atoms with Crippen LogP contribution in [0.1, 0.15) is 12.5 Å². The Bertz CT molecular complexity index is 463. The number of para-hydroxylation sites is 1. The summed E-state index contributed by atoms with van der Waals surface area (Å²) in [6.45, 7) is 2.69. The van der Waals surface area contributed by atoms with Gasteiger partial charge in [0.2, 0.25) is 5.91 Å².